The van der Waals surface area contributed by atoms with Crippen molar-refractivity contribution in [3.05, 3.63) is 69.2 Å². The van der Waals surface area contributed by atoms with E-state index in [4.69, 9.17) is 5.84 Å². The Morgan fingerprint density at radius 1 is 1.25 bits per heavy atom. The van der Waals surface area contributed by atoms with Crippen molar-refractivity contribution in [2.24, 2.45) is 5.84 Å². The zero-order valence-electron chi connectivity index (χ0n) is 11.0. The van der Waals surface area contributed by atoms with Gasteiger partial charge in [-0.15, -0.1) is 0 Å². The van der Waals surface area contributed by atoms with Gasteiger partial charge in [0.15, 0.2) is 0 Å². The largest absolute Gasteiger partial charge is 0.271 e. The van der Waals surface area contributed by atoms with Gasteiger partial charge in [0.05, 0.1) is 6.04 Å². The van der Waals surface area contributed by atoms with Gasteiger partial charge in [-0.1, -0.05) is 34.1 Å². The van der Waals surface area contributed by atoms with Crippen LogP contribution >= 0.6 is 15.9 Å². The Hall–Kier alpha value is -1.30. The lowest BCUT2D eigenvalue weighted by Gasteiger charge is -2.19. The van der Waals surface area contributed by atoms with Crippen LogP contribution in [0.3, 0.4) is 0 Å². The topological polar surface area (TPSA) is 38.0 Å². The third-order valence-corrected chi connectivity index (χ3v) is 4.18. The number of benzene rings is 2. The molecule has 5 heteroatoms. The van der Waals surface area contributed by atoms with Crippen LogP contribution in [0.1, 0.15) is 22.7 Å². The Balaban J connectivity index is 2.31. The molecule has 0 aliphatic carbocycles. The van der Waals surface area contributed by atoms with Crippen LogP contribution in [0.4, 0.5) is 8.78 Å². The van der Waals surface area contributed by atoms with Crippen LogP contribution < -0.4 is 11.3 Å². The molecule has 0 bridgehead atoms. The minimum Gasteiger partial charge on any atom is -0.271 e. The molecule has 0 aromatic heterocycles. The van der Waals surface area contributed by atoms with Gasteiger partial charge in [0, 0.05) is 10.5 Å². The standard InChI is InChI=1S/C15H15BrF2N2/c1-9-12(3-2-4-13(9)16)15(20-19)7-10-5-6-11(17)8-14(10)18/h2-6,8,15,20H,7,19H2,1H3. The molecule has 0 saturated heterocycles. The molecule has 0 amide bonds. The summed E-state index contributed by atoms with van der Waals surface area (Å²) in [4.78, 5) is 0. The second-order valence-corrected chi connectivity index (χ2v) is 5.47. The highest BCUT2D eigenvalue weighted by molar-refractivity contribution is 9.10. The molecule has 20 heavy (non-hydrogen) atoms. The van der Waals surface area contributed by atoms with Gasteiger partial charge in [-0.2, -0.15) is 0 Å². The molecule has 2 rings (SSSR count). The second-order valence-electron chi connectivity index (χ2n) is 4.61. The van der Waals surface area contributed by atoms with Gasteiger partial charge in [-0.25, -0.2) is 8.78 Å². The minimum absolute atomic E-state index is 0.243. The molecule has 1 atom stereocenters. The Bertz CT molecular complexity index is 617. The van der Waals surface area contributed by atoms with E-state index in [1.54, 1.807) is 0 Å². The summed E-state index contributed by atoms with van der Waals surface area (Å²) in [5.74, 6) is 4.45. The molecule has 0 aliphatic heterocycles. The molecule has 106 valence electrons. The summed E-state index contributed by atoms with van der Waals surface area (Å²) in [6, 6.07) is 9.11. The number of hydrogen-bond donors (Lipinski definition) is 2. The summed E-state index contributed by atoms with van der Waals surface area (Å²) in [7, 11) is 0. The van der Waals surface area contributed by atoms with Crippen molar-refractivity contribution in [3.63, 3.8) is 0 Å². The Morgan fingerprint density at radius 3 is 2.65 bits per heavy atom. The van der Waals surface area contributed by atoms with E-state index in [0.717, 1.165) is 21.7 Å². The fraction of sp³-hybridized carbons (Fsp3) is 0.200. The summed E-state index contributed by atoms with van der Waals surface area (Å²) in [6.07, 6.45) is 0.347. The Morgan fingerprint density at radius 2 is 2.00 bits per heavy atom. The fourth-order valence-corrected chi connectivity index (χ4v) is 2.55. The smallest absolute Gasteiger partial charge is 0.129 e. The van der Waals surface area contributed by atoms with E-state index in [9.17, 15) is 8.78 Å². The highest BCUT2D eigenvalue weighted by atomic mass is 79.9. The molecular formula is C15H15BrF2N2. The molecule has 0 saturated carbocycles. The molecule has 0 heterocycles. The molecule has 2 aromatic rings. The number of nitrogens with one attached hydrogen (secondary N) is 1. The third-order valence-electron chi connectivity index (χ3n) is 3.33. The van der Waals surface area contributed by atoms with Gasteiger partial charge in [0.1, 0.15) is 11.6 Å². The second kappa shape index (κ2) is 6.43. The molecule has 2 aromatic carbocycles. The summed E-state index contributed by atoms with van der Waals surface area (Å²) >= 11 is 3.46. The van der Waals surface area contributed by atoms with Crippen molar-refractivity contribution in [1.82, 2.24) is 5.43 Å². The quantitative estimate of drug-likeness (QED) is 0.656. The highest BCUT2D eigenvalue weighted by Crippen LogP contribution is 2.27. The Labute approximate surface area is 125 Å². The van der Waals surface area contributed by atoms with Crippen molar-refractivity contribution in [3.8, 4) is 0 Å². The van der Waals surface area contributed by atoms with Gasteiger partial charge in [0.2, 0.25) is 0 Å². The molecule has 1 unspecified atom stereocenters. The van der Waals surface area contributed by atoms with Gasteiger partial charge in [-0.05, 0) is 42.2 Å². The van der Waals surface area contributed by atoms with E-state index in [-0.39, 0.29) is 6.04 Å². The van der Waals surface area contributed by atoms with E-state index >= 15 is 0 Å². The van der Waals surface area contributed by atoms with E-state index in [2.05, 4.69) is 21.4 Å². The first-order valence-corrected chi connectivity index (χ1v) is 6.97. The van der Waals surface area contributed by atoms with Gasteiger partial charge in [0.25, 0.3) is 0 Å². The van der Waals surface area contributed by atoms with Crippen molar-refractivity contribution in [2.45, 2.75) is 19.4 Å². The normalized spacial score (nSPS) is 12.4. The molecule has 0 aliphatic rings. The number of halogens is 3. The van der Waals surface area contributed by atoms with Crippen LogP contribution in [0.5, 0.6) is 0 Å². The molecule has 0 radical (unpaired) electrons. The number of hydrogen-bond acceptors (Lipinski definition) is 2. The maximum absolute atomic E-state index is 13.7. The molecule has 2 nitrogen and oxygen atoms in total. The monoisotopic (exact) mass is 340 g/mol. The average Bonchev–Trinajstić information content (AvgIpc) is 2.42. The zero-order chi connectivity index (χ0) is 14.7. The lowest BCUT2D eigenvalue weighted by atomic mass is 9.95. The van der Waals surface area contributed by atoms with Crippen molar-refractivity contribution in [1.29, 1.82) is 0 Å². The minimum atomic E-state index is -0.581. The fourth-order valence-electron chi connectivity index (χ4n) is 2.17. The van der Waals surface area contributed by atoms with Crippen molar-refractivity contribution in [2.75, 3.05) is 0 Å². The number of nitrogens with two attached hydrogens (primary N) is 1. The SMILES string of the molecule is Cc1c(Br)cccc1C(Cc1ccc(F)cc1F)NN. The molecule has 3 N–H and O–H groups in total. The summed E-state index contributed by atoms with van der Waals surface area (Å²) in [5, 5.41) is 0. The maximum Gasteiger partial charge on any atom is 0.129 e. The predicted molar refractivity (Wildman–Crippen MR) is 79.0 cm³/mol. The molecule has 0 spiro atoms. The van der Waals surface area contributed by atoms with E-state index < -0.39 is 11.6 Å². The van der Waals surface area contributed by atoms with Gasteiger partial charge >= 0.3 is 0 Å². The van der Waals surface area contributed by atoms with Crippen molar-refractivity contribution >= 4 is 15.9 Å². The van der Waals surface area contributed by atoms with Crippen LogP contribution in [0.2, 0.25) is 0 Å². The average molecular weight is 341 g/mol. The van der Waals surface area contributed by atoms with Crippen LogP contribution in [-0.2, 0) is 6.42 Å². The Kier molecular flexibility index (Phi) is 4.86. The van der Waals surface area contributed by atoms with E-state index in [0.29, 0.717) is 12.0 Å². The van der Waals surface area contributed by atoms with Crippen LogP contribution in [0.15, 0.2) is 40.9 Å². The number of rotatable bonds is 4. The first-order valence-electron chi connectivity index (χ1n) is 6.18. The van der Waals surface area contributed by atoms with E-state index in [1.165, 1.54) is 12.1 Å². The molecular weight excluding hydrogens is 326 g/mol. The maximum atomic E-state index is 13.7. The number of hydrazine groups is 1. The van der Waals surface area contributed by atoms with Gasteiger partial charge < -0.3 is 0 Å². The summed E-state index contributed by atoms with van der Waals surface area (Å²) in [5.41, 5.74) is 5.14. The first kappa shape index (κ1) is 15.1. The van der Waals surface area contributed by atoms with Gasteiger partial charge in [-0.3, -0.25) is 11.3 Å². The lowest BCUT2D eigenvalue weighted by Crippen LogP contribution is -2.30. The zero-order valence-corrected chi connectivity index (χ0v) is 12.5. The van der Waals surface area contributed by atoms with Crippen LogP contribution in [0.25, 0.3) is 0 Å². The predicted octanol–water partition coefficient (Wildman–Crippen LogP) is 3.78. The van der Waals surface area contributed by atoms with Crippen LogP contribution in [0, 0.1) is 18.6 Å². The highest BCUT2D eigenvalue weighted by Gasteiger charge is 2.16. The first-order chi connectivity index (χ1) is 9.52. The van der Waals surface area contributed by atoms with Crippen LogP contribution in [-0.4, -0.2) is 0 Å². The summed E-state index contributed by atoms with van der Waals surface area (Å²) in [6.45, 7) is 1.96. The third kappa shape index (κ3) is 3.23. The van der Waals surface area contributed by atoms with Crippen molar-refractivity contribution < 1.29 is 8.78 Å². The molecule has 0 fully saturated rings. The van der Waals surface area contributed by atoms with E-state index in [1.807, 2.05) is 25.1 Å². The summed E-state index contributed by atoms with van der Waals surface area (Å²) < 4.78 is 27.6. The lowest BCUT2D eigenvalue weighted by molar-refractivity contribution is 0.520.